The fraction of sp³-hybridized carbons (Fsp3) is 0.667. The minimum atomic E-state index is 0.217. The molecular weight excluding hydrogens is 390 g/mol. The Kier molecular flexibility index (Phi) is 7.81. The lowest BCUT2D eigenvalue weighted by Crippen LogP contribution is -2.49. The molecule has 4 rings (SSSR count). The number of para-hydroxylation sites is 1. The molecule has 0 aliphatic carbocycles. The van der Waals surface area contributed by atoms with Crippen molar-refractivity contribution in [2.75, 3.05) is 57.9 Å². The van der Waals surface area contributed by atoms with E-state index in [9.17, 15) is 4.79 Å². The van der Waals surface area contributed by atoms with E-state index < -0.39 is 0 Å². The molecule has 0 spiro atoms. The predicted octanol–water partition coefficient (Wildman–Crippen LogP) is 2.02. The van der Waals surface area contributed by atoms with Gasteiger partial charge < -0.3 is 25.2 Å². The molecule has 1 aromatic carbocycles. The molecule has 31 heavy (non-hydrogen) atoms. The molecule has 1 aromatic rings. The number of ether oxygens (including phenoxy) is 1. The molecule has 1 atom stereocenters. The van der Waals surface area contributed by atoms with Crippen molar-refractivity contribution in [3.63, 3.8) is 0 Å². The predicted molar refractivity (Wildman–Crippen MR) is 125 cm³/mol. The molecule has 7 heteroatoms. The van der Waals surface area contributed by atoms with Crippen molar-refractivity contribution >= 4 is 17.6 Å². The van der Waals surface area contributed by atoms with Crippen molar-refractivity contribution in [3.05, 3.63) is 29.8 Å². The zero-order valence-electron chi connectivity index (χ0n) is 18.8. The Bertz CT molecular complexity index is 754. The number of piperidine rings is 1. The fourth-order valence-corrected chi connectivity index (χ4v) is 4.92. The van der Waals surface area contributed by atoms with Gasteiger partial charge >= 0.3 is 0 Å². The van der Waals surface area contributed by atoms with E-state index in [2.05, 4.69) is 32.7 Å². The lowest BCUT2D eigenvalue weighted by atomic mass is 10.0. The number of nitrogens with zero attached hydrogens (tertiary/aromatic N) is 3. The summed E-state index contributed by atoms with van der Waals surface area (Å²) in [5, 5.41) is 6.96. The summed E-state index contributed by atoms with van der Waals surface area (Å²) in [5.41, 5.74) is 2.37. The quantitative estimate of drug-likeness (QED) is 0.396. The first-order valence-corrected chi connectivity index (χ1v) is 11.9. The second kappa shape index (κ2) is 11.0. The van der Waals surface area contributed by atoms with Gasteiger partial charge in [0.15, 0.2) is 5.96 Å². The number of fused-ring (bicyclic) bond motifs is 1. The second-order valence-corrected chi connectivity index (χ2v) is 8.98. The lowest BCUT2D eigenvalue weighted by Gasteiger charge is -2.34. The van der Waals surface area contributed by atoms with Crippen molar-refractivity contribution in [2.45, 2.75) is 44.6 Å². The van der Waals surface area contributed by atoms with Gasteiger partial charge in [0.1, 0.15) is 0 Å². The van der Waals surface area contributed by atoms with Gasteiger partial charge in [0.25, 0.3) is 0 Å². The largest absolute Gasteiger partial charge is 0.381 e. The van der Waals surface area contributed by atoms with Crippen LogP contribution in [0.25, 0.3) is 0 Å². The number of benzene rings is 1. The Hall–Kier alpha value is -2.12. The summed E-state index contributed by atoms with van der Waals surface area (Å²) in [7, 11) is 1.82. The van der Waals surface area contributed by atoms with E-state index in [4.69, 9.17) is 4.74 Å². The highest BCUT2D eigenvalue weighted by atomic mass is 16.5. The highest BCUT2D eigenvalue weighted by molar-refractivity contribution is 5.95. The van der Waals surface area contributed by atoms with E-state index in [1.54, 1.807) is 0 Å². The van der Waals surface area contributed by atoms with Gasteiger partial charge in [-0.2, -0.15) is 0 Å². The van der Waals surface area contributed by atoms with Gasteiger partial charge in [0.2, 0.25) is 5.91 Å². The molecule has 2 saturated heterocycles. The topological polar surface area (TPSA) is 69.2 Å². The molecule has 3 heterocycles. The molecule has 170 valence electrons. The Labute approximate surface area is 186 Å². The molecule has 0 saturated carbocycles. The first-order chi connectivity index (χ1) is 15.2. The van der Waals surface area contributed by atoms with Crippen molar-refractivity contribution < 1.29 is 9.53 Å². The average molecular weight is 428 g/mol. The van der Waals surface area contributed by atoms with Gasteiger partial charge in [-0.15, -0.1) is 0 Å². The number of carbonyl (C=O) groups excluding carboxylic acids is 1. The molecule has 1 unspecified atom stereocenters. The van der Waals surface area contributed by atoms with Gasteiger partial charge in [0, 0.05) is 64.5 Å². The maximum absolute atomic E-state index is 12.6. The smallest absolute Gasteiger partial charge is 0.227 e. The van der Waals surface area contributed by atoms with E-state index in [-0.39, 0.29) is 5.91 Å². The van der Waals surface area contributed by atoms with E-state index in [0.717, 1.165) is 82.6 Å². The summed E-state index contributed by atoms with van der Waals surface area (Å²) in [4.78, 5) is 21.5. The third-order valence-corrected chi connectivity index (χ3v) is 6.74. The molecule has 1 amide bonds. The van der Waals surface area contributed by atoms with Crippen LogP contribution in [0.5, 0.6) is 0 Å². The minimum Gasteiger partial charge on any atom is -0.381 e. The summed E-state index contributed by atoms with van der Waals surface area (Å²) in [6.45, 7) is 6.87. The van der Waals surface area contributed by atoms with Crippen LogP contribution in [0, 0.1) is 5.92 Å². The number of likely N-dealkylation sites (tertiary alicyclic amines) is 1. The lowest BCUT2D eigenvalue weighted by molar-refractivity contribution is -0.118. The minimum absolute atomic E-state index is 0.217. The number of aliphatic imine (C=N–C) groups is 1. The molecule has 0 radical (unpaired) electrons. The van der Waals surface area contributed by atoms with Crippen LogP contribution >= 0.6 is 0 Å². The van der Waals surface area contributed by atoms with Gasteiger partial charge in [-0.25, -0.2) is 0 Å². The zero-order chi connectivity index (χ0) is 21.5. The SMILES string of the molecule is CN=C(NCCCC(=O)N1CCc2ccccc21)NC1CCN(CC2CCOC2)CC1. The fourth-order valence-electron chi connectivity index (χ4n) is 4.92. The number of hydrogen-bond acceptors (Lipinski definition) is 4. The van der Waals surface area contributed by atoms with Crippen LogP contribution in [0.1, 0.15) is 37.7 Å². The molecule has 3 aliphatic rings. The Morgan fingerprint density at radius 1 is 1.19 bits per heavy atom. The van der Waals surface area contributed by atoms with Crippen LogP contribution in [-0.2, 0) is 16.0 Å². The zero-order valence-corrected chi connectivity index (χ0v) is 18.8. The van der Waals surface area contributed by atoms with Gasteiger partial charge in [-0.1, -0.05) is 18.2 Å². The second-order valence-electron chi connectivity index (χ2n) is 8.98. The Morgan fingerprint density at radius 3 is 2.81 bits per heavy atom. The maximum Gasteiger partial charge on any atom is 0.227 e. The molecule has 7 nitrogen and oxygen atoms in total. The Balaban J connectivity index is 1.12. The highest BCUT2D eigenvalue weighted by Gasteiger charge is 2.25. The van der Waals surface area contributed by atoms with Gasteiger partial charge in [-0.05, 0) is 49.7 Å². The highest BCUT2D eigenvalue weighted by Crippen LogP contribution is 2.28. The number of carbonyl (C=O) groups is 1. The molecule has 2 N–H and O–H groups in total. The standard InChI is InChI=1S/C24H37N5O2/c1-25-24(27-21-9-13-28(14-10-21)17-19-11-16-31-18-19)26-12-4-7-23(30)29-15-8-20-5-2-3-6-22(20)29/h2-3,5-6,19,21H,4,7-18H2,1H3,(H2,25,26,27). The van der Waals surface area contributed by atoms with E-state index in [0.29, 0.717) is 12.5 Å². The summed E-state index contributed by atoms with van der Waals surface area (Å²) in [6, 6.07) is 8.69. The first-order valence-electron chi connectivity index (χ1n) is 11.9. The molecule has 0 bridgehead atoms. The molecule has 0 aromatic heterocycles. The van der Waals surface area contributed by atoms with Crippen molar-refractivity contribution in [2.24, 2.45) is 10.9 Å². The summed E-state index contributed by atoms with van der Waals surface area (Å²) in [6.07, 6.45) is 5.81. The van der Waals surface area contributed by atoms with E-state index in [1.807, 2.05) is 24.1 Å². The summed E-state index contributed by atoms with van der Waals surface area (Å²) in [5.74, 6) is 1.78. The first kappa shape index (κ1) is 22.1. The van der Waals surface area contributed by atoms with Crippen LogP contribution in [0.3, 0.4) is 0 Å². The monoisotopic (exact) mass is 427 g/mol. The number of amides is 1. The average Bonchev–Trinajstić information content (AvgIpc) is 3.46. The van der Waals surface area contributed by atoms with E-state index in [1.165, 1.54) is 18.5 Å². The van der Waals surface area contributed by atoms with Crippen molar-refractivity contribution in [3.8, 4) is 0 Å². The third kappa shape index (κ3) is 5.98. The maximum atomic E-state index is 12.6. The molecule has 2 fully saturated rings. The summed E-state index contributed by atoms with van der Waals surface area (Å²) >= 11 is 0. The van der Waals surface area contributed by atoms with Crippen molar-refractivity contribution in [1.29, 1.82) is 0 Å². The van der Waals surface area contributed by atoms with Crippen molar-refractivity contribution in [1.82, 2.24) is 15.5 Å². The number of nitrogens with one attached hydrogen (secondary N) is 2. The number of anilines is 1. The summed E-state index contributed by atoms with van der Waals surface area (Å²) < 4.78 is 5.51. The van der Waals surface area contributed by atoms with Crippen LogP contribution in [0.4, 0.5) is 5.69 Å². The normalized spacial score (nSPS) is 22.5. The number of hydrogen-bond donors (Lipinski definition) is 2. The van der Waals surface area contributed by atoms with E-state index >= 15 is 0 Å². The van der Waals surface area contributed by atoms with Crippen LogP contribution < -0.4 is 15.5 Å². The van der Waals surface area contributed by atoms with Gasteiger partial charge in [0.05, 0.1) is 6.61 Å². The molecular formula is C24H37N5O2. The third-order valence-electron chi connectivity index (χ3n) is 6.74. The van der Waals surface area contributed by atoms with Crippen LogP contribution in [0.15, 0.2) is 29.3 Å². The number of guanidine groups is 1. The van der Waals surface area contributed by atoms with Gasteiger partial charge in [-0.3, -0.25) is 9.79 Å². The van der Waals surface area contributed by atoms with Crippen LogP contribution in [-0.4, -0.2) is 75.8 Å². The Morgan fingerprint density at radius 2 is 2.03 bits per heavy atom. The molecule has 3 aliphatic heterocycles. The van der Waals surface area contributed by atoms with Crippen LogP contribution in [0.2, 0.25) is 0 Å². The number of rotatable bonds is 7.